The SMILES string of the molecule is CN(C(=O)CCCCOc1ccc2c(c1)CN1CC(=O)NC1=N2)c1ccccc1. The largest absolute Gasteiger partial charge is 0.494 e. The van der Waals surface area contributed by atoms with E-state index in [-0.39, 0.29) is 11.8 Å². The van der Waals surface area contributed by atoms with E-state index in [0.29, 0.717) is 32.1 Å². The third-order valence-electron chi connectivity index (χ3n) is 5.10. The van der Waals surface area contributed by atoms with Crippen LogP contribution in [-0.2, 0) is 16.1 Å². The first-order valence-electron chi connectivity index (χ1n) is 9.81. The molecule has 1 fully saturated rings. The highest BCUT2D eigenvalue weighted by atomic mass is 16.5. The molecule has 0 radical (unpaired) electrons. The third-order valence-corrected chi connectivity index (χ3v) is 5.10. The van der Waals surface area contributed by atoms with Crippen LogP contribution < -0.4 is 15.0 Å². The number of hydrogen-bond acceptors (Lipinski definition) is 5. The zero-order chi connectivity index (χ0) is 20.2. The molecule has 0 aromatic heterocycles. The van der Waals surface area contributed by atoms with Crippen LogP contribution in [0, 0.1) is 0 Å². The number of benzene rings is 2. The molecule has 0 saturated carbocycles. The topological polar surface area (TPSA) is 74.2 Å². The summed E-state index contributed by atoms with van der Waals surface area (Å²) < 4.78 is 5.86. The summed E-state index contributed by atoms with van der Waals surface area (Å²) in [5, 5.41) is 2.76. The molecule has 2 aromatic carbocycles. The molecule has 2 heterocycles. The molecular formula is C22H24N4O3. The summed E-state index contributed by atoms with van der Waals surface area (Å²) in [5.41, 5.74) is 2.81. The van der Waals surface area contributed by atoms with E-state index < -0.39 is 0 Å². The molecule has 4 rings (SSSR count). The van der Waals surface area contributed by atoms with Crippen LogP contribution in [0.2, 0.25) is 0 Å². The number of ether oxygens (including phenoxy) is 1. The summed E-state index contributed by atoms with van der Waals surface area (Å²) in [7, 11) is 1.80. The number of hydrogen-bond donors (Lipinski definition) is 1. The Bertz CT molecular complexity index is 942. The first kappa shape index (κ1) is 19.0. The summed E-state index contributed by atoms with van der Waals surface area (Å²) in [5.74, 6) is 1.49. The molecular weight excluding hydrogens is 368 g/mol. The summed E-state index contributed by atoms with van der Waals surface area (Å²) in [4.78, 5) is 31.9. The zero-order valence-electron chi connectivity index (χ0n) is 16.4. The lowest BCUT2D eigenvalue weighted by molar-refractivity contribution is -0.119. The molecule has 150 valence electrons. The van der Waals surface area contributed by atoms with Gasteiger partial charge in [0.15, 0.2) is 0 Å². The molecule has 2 aliphatic rings. The van der Waals surface area contributed by atoms with Gasteiger partial charge in [0.25, 0.3) is 0 Å². The van der Waals surface area contributed by atoms with Gasteiger partial charge in [-0.05, 0) is 43.2 Å². The summed E-state index contributed by atoms with van der Waals surface area (Å²) in [6, 6.07) is 15.4. The van der Waals surface area contributed by atoms with Crippen molar-refractivity contribution in [2.45, 2.75) is 25.8 Å². The third kappa shape index (κ3) is 4.39. The molecule has 0 spiro atoms. The highest BCUT2D eigenvalue weighted by molar-refractivity contribution is 6.05. The van der Waals surface area contributed by atoms with Crippen molar-refractivity contribution in [3.05, 3.63) is 54.1 Å². The van der Waals surface area contributed by atoms with E-state index in [1.54, 1.807) is 11.9 Å². The smallest absolute Gasteiger partial charge is 0.246 e. The summed E-state index contributed by atoms with van der Waals surface area (Å²) in [6.45, 7) is 1.54. The van der Waals surface area contributed by atoms with Crippen molar-refractivity contribution in [1.29, 1.82) is 0 Å². The van der Waals surface area contributed by atoms with Crippen molar-refractivity contribution in [2.75, 3.05) is 25.1 Å². The lowest BCUT2D eigenvalue weighted by atomic mass is 10.1. The van der Waals surface area contributed by atoms with Crippen LogP contribution in [0.15, 0.2) is 53.5 Å². The second-order valence-electron chi connectivity index (χ2n) is 7.22. The molecule has 1 saturated heterocycles. The summed E-state index contributed by atoms with van der Waals surface area (Å²) >= 11 is 0. The van der Waals surface area contributed by atoms with E-state index in [1.165, 1.54) is 0 Å². The fourth-order valence-electron chi connectivity index (χ4n) is 3.46. The van der Waals surface area contributed by atoms with Gasteiger partial charge in [-0.3, -0.25) is 14.9 Å². The first-order valence-corrected chi connectivity index (χ1v) is 9.81. The minimum absolute atomic E-state index is 0.0273. The van der Waals surface area contributed by atoms with Gasteiger partial charge in [0.2, 0.25) is 17.8 Å². The molecule has 2 aromatic rings. The van der Waals surface area contributed by atoms with E-state index >= 15 is 0 Å². The van der Waals surface area contributed by atoms with Crippen LogP contribution in [0.1, 0.15) is 24.8 Å². The van der Waals surface area contributed by atoms with Gasteiger partial charge in [0, 0.05) is 31.3 Å². The zero-order valence-corrected chi connectivity index (χ0v) is 16.4. The number of nitrogens with one attached hydrogen (secondary N) is 1. The Balaban J connectivity index is 1.23. The second kappa shape index (κ2) is 8.34. The average molecular weight is 392 g/mol. The van der Waals surface area contributed by atoms with Crippen LogP contribution in [-0.4, -0.2) is 42.9 Å². The fraction of sp³-hybridized carbons (Fsp3) is 0.318. The van der Waals surface area contributed by atoms with Crippen molar-refractivity contribution in [3.63, 3.8) is 0 Å². The molecule has 0 aliphatic carbocycles. The monoisotopic (exact) mass is 392 g/mol. The Morgan fingerprint density at radius 2 is 2.00 bits per heavy atom. The van der Waals surface area contributed by atoms with Gasteiger partial charge in [-0.1, -0.05) is 18.2 Å². The van der Waals surface area contributed by atoms with Crippen molar-refractivity contribution in [2.24, 2.45) is 4.99 Å². The van der Waals surface area contributed by atoms with Crippen molar-refractivity contribution in [3.8, 4) is 5.75 Å². The van der Waals surface area contributed by atoms with E-state index in [2.05, 4.69) is 10.3 Å². The number of nitrogens with zero attached hydrogens (tertiary/aromatic N) is 3. The highest BCUT2D eigenvalue weighted by Gasteiger charge is 2.29. The van der Waals surface area contributed by atoms with Crippen molar-refractivity contribution < 1.29 is 14.3 Å². The van der Waals surface area contributed by atoms with Gasteiger partial charge in [0.1, 0.15) is 12.3 Å². The number of guanidine groups is 1. The van der Waals surface area contributed by atoms with E-state index in [9.17, 15) is 9.59 Å². The van der Waals surface area contributed by atoms with E-state index in [1.807, 2.05) is 53.4 Å². The predicted octanol–water partition coefficient (Wildman–Crippen LogP) is 2.83. The van der Waals surface area contributed by atoms with E-state index in [4.69, 9.17) is 4.74 Å². The van der Waals surface area contributed by atoms with Gasteiger partial charge in [-0.15, -0.1) is 0 Å². The Labute approximate surface area is 170 Å². The lowest BCUT2D eigenvalue weighted by Crippen LogP contribution is -2.31. The normalized spacial score (nSPS) is 14.6. The molecule has 0 unspecified atom stereocenters. The number of anilines is 1. The molecule has 2 amide bonds. The summed E-state index contributed by atoms with van der Waals surface area (Å²) in [6.07, 6.45) is 2.07. The number of fused-ring (bicyclic) bond motifs is 2. The van der Waals surface area contributed by atoms with Crippen LogP contribution in [0.5, 0.6) is 5.75 Å². The van der Waals surface area contributed by atoms with Crippen LogP contribution >= 0.6 is 0 Å². The van der Waals surface area contributed by atoms with Gasteiger partial charge < -0.3 is 14.5 Å². The Kier molecular flexibility index (Phi) is 5.46. The minimum Gasteiger partial charge on any atom is -0.494 e. The standard InChI is InChI=1S/C22H24N4O3/c1-25(17-7-3-2-4-8-17)21(28)9-5-6-12-29-18-10-11-19-16(13-18)14-26-15-20(27)24-22(26)23-19/h2-4,7-8,10-11,13H,5-6,9,12,14-15H2,1H3,(H,23,24,27). The molecule has 2 aliphatic heterocycles. The number of carbonyl (C=O) groups is 2. The van der Waals surface area contributed by atoms with Gasteiger partial charge in [0.05, 0.1) is 12.3 Å². The number of para-hydroxylation sites is 1. The van der Waals surface area contributed by atoms with E-state index in [0.717, 1.165) is 35.5 Å². The van der Waals surface area contributed by atoms with Crippen molar-refractivity contribution in [1.82, 2.24) is 10.2 Å². The number of aliphatic imine (C=N–C) groups is 1. The first-order chi connectivity index (χ1) is 14.1. The molecule has 1 N–H and O–H groups in total. The number of amides is 2. The number of carbonyl (C=O) groups excluding carboxylic acids is 2. The average Bonchev–Trinajstić information content (AvgIpc) is 3.10. The molecule has 7 nitrogen and oxygen atoms in total. The predicted molar refractivity (Wildman–Crippen MR) is 111 cm³/mol. The maximum Gasteiger partial charge on any atom is 0.246 e. The lowest BCUT2D eigenvalue weighted by Gasteiger charge is -2.23. The van der Waals surface area contributed by atoms with Gasteiger partial charge in [-0.25, -0.2) is 4.99 Å². The fourth-order valence-corrected chi connectivity index (χ4v) is 3.46. The highest BCUT2D eigenvalue weighted by Crippen LogP contribution is 2.30. The Morgan fingerprint density at radius 3 is 2.83 bits per heavy atom. The van der Waals surface area contributed by atoms with Crippen molar-refractivity contribution >= 4 is 29.1 Å². The van der Waals surface area contributed by atoms with Crippen LogP contribution in [0.4, 0.5) is 11.4 Å². The maximum absolute atomic E-state index is 12.3. The minimum atomic E-state index is -0.0273. The Morgan fingerprint density at radius 1 is 1.17 bits per heavy atom. The molecule has 0 bridgehead atoms. The van der Waals surface area contributed by atoms with Crippen LogP contribution in [0.25, 0.3) is 0 Å². The Hall–Kier alpha value is -3.35. The maximum atomic E-state index is 12.3. The quantitative estimate of drug-likeness (QED) is 0.736. The molecule has 0 atom stereocenters. The molecule has 7 heteroatoms. The molecule has 29 heavy (non-hydrogen) atoms. The number of rotatable bonds is 7. The van der Waals surface area contributed by atoms with Crippen LogP contribution in [0.3, 0.4) is 0 Å². The van der Waals surface area contributed by atoms with Gasteiger partial charge >= 0.3 is 0 Å². The number of unbranched alkanes of at least 4 members (excludes halogenated alkanes) is 1. The van der Waals surface area contributed by atoms with Gasteiger partial charge in [-0.2, -0.15) is 0 Å². The second-order valence-corrected chi connectivity index (χ2v) is 7.22.